The van der Waals surface area contributed by atoms with E-state index >= 15 is 0 Å². The summed E-state index contributed by atoms with van der Waals surface area (Å²) in [6.07, 6.45) is 0. The van der Waals surface area contributed by atoms with Gasteiger partial charge in [-0.25, -0.2) is 0 Å². The van der Waals surface area contributed by atoms with Crippen molar-refractivity contribution in [3.05, 3.63) is 16.4 Å². The van der Waals surface area contributed by atoms with E-state index in [1.54, 1.807) is 27.9 Å². The molecule has 0 aromatic carbocycles. The molecule has 0 spiro atoms. The zero-order valence-corrected chi connectivity index (χ0v) is 11.5. The molecule has 7 heteroatoms. The van der Waals surface area contributed by atoms with Gasteiger partial charge in [-0.05, 0) is 6.92 Å². The zero-order chi connectivity index (χ0) is 14.0. The molecule has 1 amide bonds. The number of carbonyl (C=O) groups excluding carboxylic acids is 1. The van der Waals surface area contributed by atoms with E-state index in [-0.39, 0.29) is 17.6 Å². The Bertz CT molecular complexity index is 484. The zero-order valence-electron chi connectivity index (χ0n) is 10.8. The molecule has 0 aliphatic rings. The average molecular weight is 274 g/mol. The van der Waals surface area contributed by atoms with Crippen molar-refractivity contribution in [2.75, 3.05) is 13.6 Å². The number of aryl methyl sites for hydroxylation is 2. The van der Waals surface area contributed by atoms with Crippen molar-refractivity contribution < 1.29 is 14.7 Å². The Kier molecular flexibility index (Phi) is 4.34. The number of amides is 1. The Labute approximate surface area is 110 Å². The summed E-state index contributed by atoms with van der Waals surface area (Å²) in [5.41, 5.74) is 0.849. The number of nitrogens with zero attached hydrogens (tertiary/aromatic N) is 3. The van der Waals surface area contributed by atoms with Crippen LogP contribution in [0, 0.1) is 12.8 Å². The van der Waals surface area contributed by atoms with Gasteiger partial charge in [0.05, 0.1) is 17.2 Å². The van der Waals surface area contributed by atoms with E-state index < -0.39 is 11.9 Å². The SMILES string of the molecule is Cc1nn(C)c(Cl)c1C(=O)N(C)CC(C)C(=O)O. The molecule has 0 radical (unpaired) electrons. The molecule has 6 nitrogen and oxygen atoms in total. The van der Waals surface area contributed by atoms with Crippen LogP contribution >= 0.6 is 11.6 Å². The van der Waals surface area contributed by atoms with E-state index in [9.17, 15) is 9.59 Å². The van der Waals surface area contributed by atoms with Gasteiger partial charge in [0.1, 0.15) is 5.15 Å². The first-order valence-corrected chi connectivity index (χ1v) is 5.80. The van der Waals surface area contributed by atoms with Gasteiger partial charge >= 0.3 is 5.97 Å². The number of halogens is 1. The molecule has 0 aliphatic heterocycles. The Morgan fingerprint density at radius 2 is 2.11 bits per heavy atom. The molecule has 1 aromatic rings. The van der Waals surface area contributed by atoms with Gasteiger partial charge in [0.2, 0.25) is 0 Å². The van der Waals surface area contributed by atoms with Crippen molar-refractivity contribution in [1.82, 2.24) is 14.7 Å². The lowest BCUT2D eigenvalue weighted by Crippen LogP contribution is -2.34. The van der Waals surface area contributed by atoms with Crippen LogP contribution in [-0.2, 0) is 11.8 Å². The van der Waals surface area contributed by atoms with E-state index in [1.807, 2.05) is 0 Å². The van der Waals surface area contributed by atoms with Gasteiger partial charge in [-0.1, -0.05) is 18.5 Å². The number of carboxylic acids is 1. The van der Waals surface area contributed by atoms with Gasteiger partial charge in [-0.3, -0.25) is 14.3 Å². The maximum absolute atomic E-state index is 12.2. The lowest BCUT2D eigenvalue weighted by Gasteiger charge is -2.19. The van der Waals surface area contributed by atoms with Crippen LogP contribution in [0.15, 0.2) is 0 Å². The molecule has 1 N–H and O–H groups in total. The summed E-state index contributed by atoms with van der Waals surface area (Å²) < 4.78 is 1.42. The minimum absolute atomic E-state index is 0.124. The van der Waals surface area contributed by atoms with Crippen molar-refractivity contribution in [1.29, 1.82) is 0 Å². The molecular formula is C11H16ClN3O3. The Hall–Kier alpha value is -1.56. The summed E-state index contributed by atoms with van der Waals surface area (Å²) in [6, 6.07) is 0. The summed E-state index contributed by atoms with van der Waals surface area (Å²) in [7, 11) is 3.19. The Morgan fingerprint density at radius 3 is 2.50 bits per heavy atom. The standard InChI is InChI=1S/C11H16ClN3O3/c1-6(11(17)18)5-14(3)10(16)8-7(2)13-15(4)9(8)12/h6H,5H2,1-4H3,(H,17,18). The first-order chi connectivity index (χ1) is 8.25. The molecule has 0 saturated carbocycles. The minimum atomic E-state index is -0.941. The second-order valence-electron chi connectivity index (χ2n) is 4.30. The highest BCUT2D eigenvalue weighted by atomic mass is 35.5. The predicted molar refractivity (Wildman–Crippen MR) is 66.7 cm³/mol. The molecular weight excluding hydrogens is 258 g/mol. The second kappa shape index (κ2) is 5.39. The first-order valence-electron chi connectivity index (χ1n) is 5.43. The monoisotopic (exact) mass is 273 g/mol. The maximum atomic E-state index is 12.2. The Balaban J connectivity index is 2.90. The fraction of sp³-hybridized carbons (Fsp3) is 0.545. The number of rotatable bonds is 4. The highest BCUT2D eigenvalue weighted by Crippen LogP contribution is 2.20. The summed E-state index contributed by atoms with van der Waals surface area (Å²) in [5, 5.41) is 13.1. The van der Waals surface area contributed by atoms with E-state index in [2.05, 4.69) is 5.10 Å². The minimum Gasteiger partial charge on any atom is -0.481 e. The summed E-state index contributed by atoms with van der Waals surface area (Å²) in [6.45, 7) is 3.36. The van der Waals surface area contributed by atoms with Crippen LogP contribution in [0.4, 0.5) is 0 Å². The predicted octanol–water partition coefficient (Wildman–Crippen LogP) is 1.17. The van der Waals surface area contributed by atoms with Crippen LogP contribution in [0.1, 0.15) is 23.0 Å². The summed E-state index contributed by atoms with van der Waals surface area (Å²) >= 11 is 5.99. The van der Waals surface area contributed by atoms with Crippen LogP contribution in [0.5, 0.6) is 0 Å². The third-order valence-corrected chi connectivity index (χ3v) is 3.12. The van der Waals surface area contributed by atoms with Gasteiger partial charge in [-0.15, -0.1) is 0 Å². The van der Waals surface area contributed by atoms with Gasteiger partial charge in [-0.2, -0.15) is 5.10 Å². The number of aromatic nitrogens is 2. The van der Waals surface area contributed by atoms with Crippen LogP contribution in [0.25, 0.3) is 0 Å². The molecule has 18 heavy (non-hydrogen) atoms. The van der Waals surface area contributed by atoms with Crippen LogP contribution < -0.4 is 0 Å². The van der Waals surface area contributed by atoms with Crippen LogP contribution in [0.3, 0.4) is 0 Å². The van der Waals surface area contributed by atoms with Crippen molar-refractivity contribution >= 4 is 23.5 Å². The second-order valence-corrected chi connectivity index (χ2v) is 4.66. The summed E-state index contributed by atoms with van der Waals surface area (Å²) in [4.78, 5) is 24.2. The molecule has 1 atom stereocenters. The number of carbonyl (C=O) groups is 2. The molecule has 0 fully saturated rings. The van der Waals surface area contributed by atoms with E-state index in [0.29, 0.717) is 11.3 Å². The van der Waals surface area contributed by atoms with Gasteiger partial charge < -0.3 is 10.0 Å². The first kappa shape index (κ1) is 14.5. The van der Waals surface area contributed by atoms with Crippen LogP contribution in [-0.4, -0.2) is 45.3 Å². The quantitative estimate of drug-likeness (QED) is 0.894. The van der Waals surface area contributed by atoms with Crippen LogP contribution in [0.2, 0.25) is 5.15 Å². The number of hydrogen-bond acceptors (Lipinski definition) is 3. The molecule has 100 valence electrons. The molecule has 0 bridgehead atoms. The van der Waals surface area contributed by atoms with Crippen molar-refractivity contribution in [2.24, 2.45) is 13.0 Å². The maximum Gasteiger partial charge on any atom is 0.308 e. The topological polar surface area (TPSA) is 75.4 Å². The Morgan fingerprint density at radius 1 is 1.56 bits per heavy atom. The summed E-state index contributed by atoms with van der Waals surface area (Å²) in [5.74, 6) is -1.89. The number of aliphatic carboxylic acids is 1. The molecule has 1 aromatic heterocycles. The lowest BCUT2D eigenvalue weighted by atomic mass is 10.1. The molecule has 1 rings (SSSR count). The van der Waals surface area contributed by atoms with Crippen molar-refractivity contribution in [3.63, 3.8) is 0 Å². The highest BCUT2D eigenvalue weighted by Gasteiger charge is 2.24. The van der Waals surface area contributed by atoms with Gasteiger partial charge in [0.25, 0.3) is 5.91 Å². The third-order valence-electron chi connectivity index (χ3n) is 2.68. The third kappa shape index (κ3) is 2.81. The average Bonchev–Trinajstić information content (AvgIpc) is 2.52. The van der Waals surface area contributed by atoms with Gasteiger partial charge in [0.15, 0.2) is 0 Å². The van der Waals surface area contributed by atoms with Crippen molar-refractivity contribution in [2.45, 2.75) is 13.8 Å². The van der Waals surface area contributed by atoms with E-state index in [4.69, 9.17) is 16.7 Å². The van der Waals surface area contributed by atoms with E-state index in [0.717, 1.165) is 0 Å². The normalized spacial score (nSPS) is 12.3. The highest BCUT2D eigenvalue weighted by molar-refractivity contribution is 6.33. The molecule has 1 heterocycles. The molecule has 0 saturated heterocycles. The molecule has 1 unspecified atom stereocenters. The van der Waals surface area contributed by atoms with Gasteiger partial charge in [0, 0.05) is 20.6 Å². The lowest BCUT2D eigenvalue weighted by molar-refractivity contribution is -0.141. The number of hydrogen-bond donors (Lipinski definition) is 1. The smallest absolute Gasteiger partial charge is 0.308 e. The van der Waals surface area contributed by atoms with Crippen molar-refractivity contribution in [3.8, 4) is 0 Å². The fourth-order valence-corrected chi connectivity index (χ4v) is 1.89. The largest absolute Gasteiger partial charge is 0.481 e. The molecule has 0 aliphatic carbocycles. The van der Waals surface area contributed by atoms with E-state index in [1.165, 1.54) is 9.58 Å². The fourth-order valence-electron chi connectivity index (χ4n) is 1.64. The number of carboxylic acid groups (broad SMARTS) is 1.